The van der Waals surface area contributed by atoms with Gasteiger partial charge in [-0.2, -0.15) is 0 Å². The molecular formula is C12H11BrN2O. The number of hydrogen-bond donors (Lipinski definition) is 0. The zero-order chi connectivity index (χ0) is 11.5. The Morgan fingerprint density at radius 1 is 1.31 bits per heavy atom. The summed E-state index contributed by atoms with van der Waals surface area (Å²) in [5.74, 6) is 0. The summed E-state index contributed by atoms with van der Waals surface area (Å²) in [6.07, 6.45) is 2.21. The van der Waals surface area contributed by atoms with Crippen LogP contribution in [0.15, 0.2) is 45.9 Å². The molecule has 1 heterocycles. The van der Waals surface area contributed by atoms with E-state index >= 15 is 0 Å². The number of hydrogen-bond acceptors (Lipinski definition) is 2. The Morgan fingerprint density at radius 3 is 2.69 bits per heavy atom. The van der Waals surface area contributed by atoms with Crippen molar-refractivity contribution in [2.45, 2.75) is 6.42 Å². The summed E-state index contributed by atoms with van der Waals surface area (Å²) in [4.78, 5) is 15.9. The molecule has 0 saturated heterocycles. The van der Waals surface area contributed by atoms with E-state index in [1.54, 1.807) is 13.4 Å². The molecule has 16 heavy (non-hydrogen) atoms. The number of halogens is 1. The molecular weight excluding hydrogens is 268 g/mol. The molecule has 0 unspecified atom stereocenters. The van der Waals surface area contributed by atoms with E-state index in [1.165, 1.54) is 4.57 Å². The van der Waals surface area contributed by atoms with E-state index < -0.39 is 0 Å². The Kier molecular flexibility index (Phi) is 3.19. The van der Waals surface area contributed by atoms with Crippen LogP contribution < -0.4 is 5.56 Å². The summed E-state index contributed by atoms with van der Waals surface area (Å²) in [5.41, 5.74) is 1.86. The van der Waals surface area contributed by atoms with Gasteiger partial charge in [0.15, 0.2) is 0 Å². The molecule has 0 bridgehead atoms. The Morgan fingerprint density at radius 2 is 2.00 bits per heavy atom. The van der Waals surface area contributed by atoms with Crippen LogP contribution in [0.1, 0.15) is 11.3 Å². The number of benzene rings is 1. The molecule has 1 aromatic heterocycles. The molecule has 0 spiro atoms. The van der Waals surface area contributed by atoms with E-state index in [1.807, 2.05) is 30.3 Å². The highest BCUT2D eigenvalue weighted by atomic mass is 79.9. The Balaban J connectivity index is 2.37. The van der Waals surface area contributed by atoms with Crippen molar-refractivity contribution >= 4 is 15.9 Å². The molecule has 3 nitrogen and oxygen atoms in total. The molecule has 4 heteroatoms. The average Bonchev–Trinajstić information content (AvgIpc) is 2.31. The molecule has 2 rings (SSSR count). The van der Waals surface area contributed by atoms with Crippen LogP contribution in [0.25, 0.3) is 0 Å². The van der Waals surface area contributed by atoms with E-state index in [2.05, 4.69) is 20.9 Å². The summed E-state index contributed by atoms with van der Waals surface area (Å²) in [6, 6.07) is 9.96. The fraction of sp³-hybridized carbons (Fsp3) is 0.167. The van der Waals surface area contributed by atoms with Crippen LogP contribution in [0.2, 0.25) is 0 Å². The zero-order valence-electron chi connectivity index (χ0n) is 8.85. The molecule has 0 aliphatic heterocycles. The predicted octanol–water partition coefficient (Wildman–Crippen LogP) is 2.13. The van der Waals surface area contributed by atoms with Gasteiger partial charge in [0.1, 0.15) is 4.47 Å². The highest BCUT2D eigenvalue weighted by molar-refractivity contribution is 9.10. The van der Waals surface area contributed by atoms with Crippen molar-refractivity contribution in [1.82, 2.24) is 9.55 Å². The van der Waals surface area contributed by atoms with Gasteiger partial charge in [0, 0.05) is 13.5 Å². The first kappa shape index (κ1) is 11.1. The maximum absolute atomic E-state index is 11.7. The molecule has 82 valence electrons. The Labute approximate surface area is 102 Å². The average molecular weight is 279 g/mol. The van der Waals surface area contributed by atoms with Crippen LogP contribution in [0, 0.1) is 0 Å². The Hall–Kier alpha value is -1.42. The van der Waals surface area contributed by atoms with Crippen LogP contribution in [-0.4, -0.2) is 9.55 Å². The molecule has 0 radical (unpaired) electrons. The fourth-order valence-corrected chi connectivity index (χ4v) is 1.98. The highest BCUT2D eigenvalue weighted by Crippen LogP contribution is 2.13. The third-order valence-corrected chi connectivity index (χ3v) is 3.16. The monoisotopic (exact) mass is 278 g/mol. The van der Waals surface area contributed by atoms with Crippen LogP contribution in [-0.2, 0) is 13.5 Å². The van der Waals surface area contributed by atoms with Gasteiger partial charge in [0.2, 0.25) is 0 Å². The minimum absolute atomic E-state index is 0.0547. The van der Waals surface area contributed by atoms with Gasteiger partial charge >= 0.3 is 0 Å². The molecule has 0 N–H and O–H groups in total. The lowest BCUT2D eigenvalue weighted by molar-refractivity contribution is 0.796. The van der Waals surface area contributed by atoms with Gasteiger partial charge in [-0.1, -0.05) is 30.3 Å². The molecule has 0 fully saturated rings. The normalized spacial score (nSPS) is 10.4. The van der Waals surface area contributed by atoms with Gasteiger partial charge in [-0.25, -0.2) is 4.98 Å². The van der Waals surface area contributed by atoms with Gasteiger partial charge in [0.25, 0.3) is 5.56 Å². The third kappa shape index (κ3) is 2.22. The van der Waals surface area contributed by atoms with Gasteiger partial charge in [-0.15, -0.1) is 0 Å². The second-order valence-corrected chi connectivity index (χ2v) is 4.38. The van der Waals surface area contributed by atoms with Crippen LogP contribution in [0.3, 0.4) is 0 Å². The van der Waals surface area contributed by atoms with Crippen LogP contribution >= 0.6 is 15.9 Å². The number of aromatic nitrogens is 2. The zero-order valence-corrected chi connectivity index (χ0v) is 10.4. The first-order chi connectivity index (χ1) is 7.68. The van der Waals surface area contributed by atoms with Gasteiger partial charge < -0.3 is 4.57 Å². The van der Waals surface area contributed by atoms with Crippen molar-refractivity contribution in [2.24, 2.45) is 7.05 Å². The molecule has 0 aliphatic rings. The highest BCUT2D eigenvalue weighted by Gasteiger charge is 2.07. The van der Waals surface area contributed by atoms with Crippen molar-refractivity contribution in [2.75, 3.05) is 0 Å². The van der Waals surface area contributed by atoms with Gasteiger partial charge in [0.05, 0.1) is 12.0 Å². The number of aryl methyl sites for hydroxylation is 1. The summed E-state index contributed by atoms with van der Waals surface area (Å²) >= 11 is 3.29. The lowest BCUT2D eigenvalue weighted by Crippen LogP contribution is -2.19. The second kappa shape index (κ2) is 4.61. The molecule has 2 aromatic rings. The lowest BCUT2D eigenvalue weighted by atomic mass is 10.1. The Bertz CT molecular complexity index is 549. The van der Waals surface area contributed by atoms with Crippen molar-refractivity contribution in [3.8, 4) is 0 Å². The smallest absolute Gasteiger partial charge is 0.267 e. The summed E-state index contributed by atoms with van der Waals surface area (Å²) in [6.45, 7) is 0. The predicted molar refractivity (Wildman–Crippen MR) is 66.4 cm³/mol. The second-order valence-electron chi connectivity index (χ2n) is 3.58. The van der Waals surface area contributed by atoms with E-state index in [0.29, 0.717) is 10.9 Å². The lowest BCUT2D eigenvalue weighted by Gasteiger charge is -2.04. The SMILES string of the molecule is Cn1cnc(Cc2ccccc2)c(Br)c1=O. The third-order valence-electron chi connectivity index (χ3n) is 2.36. The van der Waals surface area contributed by atoms with Crippen LogP contribution in [0.5, 0.6) is 0 Å². The molecule has 0 atom stereocenters. The van der Waals surface area contributed by atoms with Crippen molar-refractivity contribution < 1.29 is 0 Å². The number of rotatable bonds is 2. The summed E-state index contributed by atoms with van der Waals surface area (Å²) < 4.78 is 2.00. The first-order valence-electron chi connectivity index (χ1n) is 4.92. The van der Waals surface area contributed by atoms with Crippen molar-refractivity contribution in [1.29, 1.82) is 0 Å². The molecule has 0 aliphatic carbocycles. The number of nitrogens with zero attached hydrogens (tertiary/aromatic N) is 2. The summed E-state index contributed by atoms with van der Waals surface area (Å²) in [5, 5.41) is 0. The first-order valence-corrected chi connectivity index (χ1v) is 5.71. The van der Waals surface area contributed by atoms with E-state index in [0.717, 1.165) is 11.3 Å². The minimum Gasteiger partial charge on any atom is -0.301 e. The molecule has 0 amide bonds. The fourth-order valence-electron chi connectivity index (χ4n) is 1.46. The van der Waals surface area contributed by atoms with Crippen molar-refractivity contribution in [3.05, 3.63) is 62.7 Å². The van der Waals surface area contributed by atoms with Crippen molar-refractivity contribution in [3.63, 3.8) is 0 Å². The summed E-state index contributed by atoms with van der Waals surface area (Å²) in [7, 11) is 1.69. The van der Waals surface area contributed by atoms with E-state index in [-0.39, 0.29) is 5.56 Å². The van der Waals surface area contributed by atoms with Crippen LogP contribution in [0.4, 0.5) is 0 Å². The maximum atomic E-state index is 11.7. The van der Waals surface area contributed by atoms with Gasteiger partial charge in [-0.05, 0) is 21.5 Å². The largest absolute Gasteiger partial charge is 0.301 e. The minimum atomic E-state index is -0.0547. The van der Waals surface area contributed by atoms with E-state index in [4.69, 9.17) is 0 Å². The van der Waals surface area contributed by atoms with E-state index in [9.17, 15) is 4.79 Å². The standard InChI is InChI=1S/C12H11BrN2O/c1-15-8-14-10(11(13)12(15)16)7-9-5-3-2-4-6-9/h2-6,8H,7H2,1H3. The quantitative estimate of drug-likeness (QED) is 0.844. The maximum Gasteiger partial charge on any atom is 0.267 e. The molecule has 0 saturated carbocycles. The topological polar surface area (TPSA) is 34.9 Å². The van der Waals surface area contributed by atoms with Gasteiger partial charge in [-0.3, -0.25) is 4.79 Å². The molecule has 1 aromatic carbocycles.